The van der Waals surface area contributed by atoms with Gasteiger partial charge in [0.1, 0.15) is 0 Å². The lowest BCUT2D eigenvalue weighted by atomic mass is 10.1. The maximum atomic E-state index is 12.8. The fourth-order valence-corrected chi connectivity index (χ4v) is 4.56. The largest absolute Gasteiger partial charge is 0.337 e. The lowest BCUT2D eigenvalue weighted by molar-refractivity contribution is 0.0751. The minimum Gasteiger partial charge on any atom is -0.337 e. The molecule has 1 heterocycles. The molecule has 1 aliphatic heterocycles. The first-order valence-electron chi connectivity index (χ1n) is 7.41. The standard InChI is InChI=1S/C16H23NO2S2/c1-3-20-11-14-6-4-5-7-15(14)16(18)17-8-9-21(19)12-13(2)10-17/h4-7,13H,3,8-12H2,1-2H3/t13-,21-/m1/s1. The summed E-state index contributed by atoms with van der Waals surface area (Å²) in [7, 11) is -0.789. The molecule has 1 aliphatic rings. The average Bonchev–Trinajstić information content (AvgIpc) is 2.65. The van der Waals surface area contributed by atoms with Crippen LogP contribution in [-0.2, 0) is 16.6 Å². The van der Waals surface area contributed by atoms with Crippen molar-refractivity contribution in [2.75, 3.05) is 30.3 Å². The van der Waals surface area contributed by atoms with Gasteiger partial charge in [0, 0.05) is 46.7 Å². The Morgan fingerprint density at radius 2 is 2.19 bits per heavy atom. The third kappa shape index (κ3) is 4.58. The molecule has 0 unspecified atom stereocenters. The van der Waals surface area contributed by atoms with Crippen LogP contribution in [0.4, 0.5) is 0 Å². The Morgan fingerprint density at radius 3 is 2.95 bits per heavy atom. The lowest BCUT2D eigenvalue weighted by Gasteiger charge is -2.23. The van der Waals surface area contributed by atoms with Crippen LogP contribution in [0.1, 0.15) is 29.8 Å². The van der Waals surface area contributed by atoms with E-state index in [0.717, 1.165) is 22.6 Å². The average molecular weight is 325 g/mol. The van der Waals surface area contributed by atoms with Crippen LogP contribution in [0.25, 0.3) is 0 Å². The topological polar surface area (TPSA) is 37.4 Å². The molecule has 0 saturated carbocycles. The van der Waals surface area contributed by atoms with Crippen molar-refractivity contribution in [3.05, 3.63) is 35.4 Å². The van der Waals surface area contributed by atoms with Crippen LogP contribution in [0.2, 0.25) is 0 Å². The van der Waals surface area contributed by atoms with Crippen LogP contribution in [-0.4, -0.2) is 45.4 Å². The van der Waals surface area contributed by atoms with E-state index in [9.17, 15) is 9.00 Å². The fourth-order valence-electron chi connectivity index (χ4n) is 2.55. The number of amides is 1. The molecule has 2 rings (SSSR count). The summed E-state index contributed by atoms with van der Waals surface area (Å²) in [5, 5.41) is 0. The Labute approximate surface area is 133 Å². The summed E-state index contributed by atoms with van der Waals surface area (Å²) in [6.45, 7) is 5.51. The second-order valence-corrected chi connectivity index (χ2v) is 8.36. The van der Waals surface area contributed by atoms with Crippen molar-refractivity contribution in [1.29, 1.82) is 0 Å². The zero-order valence-corrected chi connectivity index (χ0v) is 14.3. The van der Waals surface area contributed by atoms with Gasteiger partial charge < -0.3 is 4.90 Å². The second-order valence-electron chi connectivity index (χ2n) is 5.46. The number of thioether (sulfide) groups is 1. The number of carbonyl (C=O) groups excluding carboxylic acids is 1. The van der Waals surface area contributed by atoms with E-state index in [4.69, 9.17) is 0 Å². The van der Waals surface area contributed by atoms with Gasteiger partial charge >= 0.3 is 0 Å². The molecule has 21 heavy (non-hydrogen) atoms. The van der Waals surface area contributed by atoms with Gasteiger partial charge in [0.05, 0.1) is 0 Å². The van der Waals surface area contributed by atoms with Gasteiger partial charge in [0.2, 0.25) is 0 Å². The number of benzene rings is 1. The van der Waals surface area contributed by atoms with Gasteiger partial charge in [-0.25, -0.2) is 0 Å². The number of rotatable bonds is 4. The van der Waals surface area contributed by atoms with Crippen LogP contribution in [0, 0.1) is 5.92 Å². The van der Waals surface area contributed by atoms with Gasteiger partial charge in [-0.3, -0.25) is 9.00 Å². The molecule has 0 N–H and O–H groups in total. The predicted octanol–water partition coefficient (Wildman–Crippen LogP) is 2.78. The monoisotopic (exact) mass is 325 g/mol. The molecule has 1 aromatic carbocycles. The first kappa shape index (κ1) is 16.6. The molecule has 0 bridgehead atoms. The molecular weight excluding hydrogens is 302 g/mol. The van der Waals surface area contributed by atoms with E-state index in [2.05, 4.69) is 13.8 Å². The fraction of sp³-hybridized carbons (Fsp3) is 0.562. The van der Waals surface area contributed by atoms with Crippen molar-refractivity contribution in [3.8, 4) is 0 Å². The van der Waals surface area contributed by atoms with Crippen LogP contribution in [0.15, 0.2) is 24.3 Å². The van der Waals surface area contributed by atoms with Gasteiger partial charge in [-0.15, -0.1) is 0 Å². The maximum absolute atomic E-state index is 12.8. The number of carbonyl (C=O) groups is 1. The van der Waals surface area contributed by atoms with E-state index in [1.165, 1.54) is 0 Å². The van der Waals surface area contributed by atoms with Crippen molar-refractivity contribution >= 4 is 28.5 Å². The zero-order valence-electron chi connectivity index (χ0n) is 12.7. The number of nitrogens with zero attached hydrogens (tertiary/aromatic N) is 1. The highest BCUT2D eigenvalue weighted by Crippen LogP contribution is 2.19. The Balaban J connectivity index is 2.17. The predicted molar refractivity (Wildman–Crippen MR) is 91.2 cm³/mol. The quantitative estimate of drug-likeness (QED) is 0.854. The van der Waals surface area contributed by atoms with Gasteiger partial charge in [-0.1, -0.05) is 32.0 Å². The minimum atomic E-state index is -0.789. The molecule has 5 heteroatoms. The van der Waals surface area contributed by atoms with Crippen molar-refractivity contribution in [1.82, 2.24) is 4.90 Å². The highest BCUT2D eigenvalue weighted by molar-refractivity contribution is 7.98. The lowest BCUT2D eigenvalue weighted by Crippen LogP contribution is -2.35. The molecule has 0 spiro atoms. The number of hydrogen-bond acceptors (Lipinski definition) is 3. The summed E-state index contributed by atoms with van der Waals surface area (Å²) in [4.78, 5) is 14.7. The van der Waals surface area contributed by atoms with Gasteiger partial charge in [-0.05, 0) is 23.3 Å². The Bertz CT molecular complexity index is 519. The Morgan fingerprint density at radius 1 is 1.43 bits per heavy atom. The van der Waals surface area contributed by atoms with E-state index in [1.54, 1.807) is 0 Å². The summed E-state index contributed by atoms with van der Waals surface area (Å²) in [5.74, 6) is 3.61. The number of hydrogen-bond donors (Lipinski definition) is 0. The van der Waals surface area contributed by atoms with Gasteiger partial charge in [0.15, 0.2) is 0 Å². The summed E-state index contributed by atoms with van der Waals surface area (Å²) < 4.78 is 11.8. The van der Waals surface area contributed by atoms with Crippen molar-refractivity contribution in [2.45, 2.75) is 19.6 Å². The first-order valence-corrected chi connectivity index (χ1v) is 10.1. The van der Waals surface area contributed by atoms with Crippen LogP contribution < -0.4 is 0 Å². The smallest absolute Gasteiger partial charge is 0.254 e. The van der Waals surface area contributed by atoms with E-state index in [0.29, 0.717) is 30.5 Å². The molecule has 0 aromatic heterocycles. The van der Waals surface area contributed by atoms with E-state index in [-0.39, 0.29) is 5.91 Å². The molecule has 1 amide bonds. The summed E-state index contributed by atoms with van der Waals surface area (Å²) in [5.41, 5.74) is 1.91. The third-order valence-corrected chi connectivity index (χ3v) is 6.09. The molecule has 1 fully saturated rings. The van der Waals surface area contributed by atoms with Crippen LogP contribution in [0.3, 0.4) is 0 Å². The van der Waals surface area contributed by atoms with Crippen LogP contribution >= 0.6 is 11.8 Å². The third-order valence-electron chi connectivity index (χ3n) is 3.59. The van der Waals surface area contributed by atoms with Crippen molar-refractivity contribution in [3.63, 3.8) is 0 Å². The highest BCUT2D eigenvalue weighted by atomic mass is 32.2. The van der Waals surface area contributed by atoms with E-state index < -0.39 is 10.8 Å². The highest BCUT2D eigenvalue weighted by Gasteiger charge is 2.24. The molecule has 1 aromatic rings. The second kappa shape index (κ2) is 7.99. The molecule has 0 aliphatic carbocycles. The first-order chi connectivity index (χ1) is 10.1. The van der Waals surface area contributed by atoms with Crippen molar-refractivity contribution < 1.29 is 9.00 Å². The zero-order chi connectivity index (χ0) is 15.2. The Kier molecular flexibility index (Phi) is 6.30. The summed E-state index contributed by atoms with van der Waals surface area (Å²) in [6.07, 6.45) is 0. The Hall–Kier alpha value is -0.810. The molecule has 0 radical (unpaired) electrons. The maximum Gasteiger partial charge on any atom is 0.254 e. The van der Waals surface area contributed by atoms with Gasteiger partial charge in [-0.2, -0.15) is 11.8 Å². The minimum absolute atomic E-state index is 0.0908. The summed E-state index contributed by atoms with van der Waals surface area (Å²) >= 11 is 1.83. The SMILES string of the molecule is CCSCc1ccccc1C(=O)N1CC[S@@](=O)C[C@H](C)C1. The molecule has 1 saturated heterocycles. The van der Waals surface area contributed by atoms with Crippen molar-refractivity contribution in [2.24, 2.45) is 5.92 Å². The molecule has 2 atom stereocenters. The van der Waals surface area contributed by atoms with Gasteiger partial charge in [0.25, 0.3) is 5.91 Å². The normalized spacial score (nSPS) is 22.9. The summed E-state index contributed by atoms with van der Waals surface area (Å²) in [6, 6.07) is 7.87. The molecule has 3 nitrogen and oxygen atoms in total. The van der Waals surface area contributed by atoms with Crippen LogP contribution in [0.5, 0.6) is 0 Å². The van der Waals surface area contributed by atoms with E-state index >= 15 is 0 Å². The van der Waals surface area contributed by atoms with E-state index in [1.807, 2.05) is 40.9 Å². The molecular formula is C16H23NO2S2. The molecule has 116 valence electrons.